The zero-order chi connectivity index (χ0) is 13.8. The zero-order valence-corrected chi connectivity index (χ0v) is 11.6. The number of thiazole rings is 1. The number of fused-ring (bicyclic) bond motifs is 1. The zero-order valence-electron chi connectivity index (χ0n) is 10.8. The van der Waals surface area contributed by atoms with Crippen molar-refractivity contribution < 1.29 is 9.53 Å². The molecule has 0 atom stereocenters. The third-order valence-electron chi connectivity index (χ3n) is 2.57. The number of methoxy groups -OCH3 is 1. The molecule has 0 saturated heterocycles. The maximum atomic E-state index is 11.9. The number of nitrogens with zero attached hydrogens (tertiary/aromatic N) is 2. The van der Waals surface area contributed by atoms with Gasteiger partial charge in [0.2, 0.25) is 5.91 Å². The van der Waals surface area contributed by atoms with Crippen LogP contribution in [0.4, 0.5) is 0 Å². The minimum atomic E-state index is -0.150. The Morgan fingerprint density at radius 3 is 3.11 bits per heavy atom. The summed E-state index contributed by atoms with van der Waals surface area (Å²) in [4.78, 5) is 28.5. The number of carbonyl (C=O) groups excluding carboxylic acids is 1. The Balaban J connectivity index is 2.17. The number of carbonyl (C=O) groups is 1. The smallest absolute Gasteiger partial charge is 0.258 e. The summed E-state index contributed by atoms with van der Waals surface area (Å²) in [5.41, 5.74) is 1.19. The fourth-order valence-corrected chi connectivity index (χ4v) is 2.67. The van der Waals surface area contributed by atoms with Crippen molar-refractivity contribution in [3.8, 4) is 0 Å². The number of ether oxygens (including phenoxy) is 1. The number of hydrogen-bond donors (Lipinski definition) is 1. The Kier molecular flexibility index (Phi) is 4.28. The molecule has 7 heteroatoms. The number of amides is 1. The summed E-state index contributed by atoms with van der Waals surface area (Å²) >= 11 is 1.36. The Labute approximate surface area is 114 Å². The summed E-state index contributed by atoms with van der Waals surface area (Å²) in [5.74, 6) is -0.135. The van der Waals surface area contributed by atoms with Crippen LogP contribution in [-0.2, 0) is 16.0 Å². The fourth-order valence-electron chi connectivity index (χ4n) is 1.73. The highest BCUT2D eigenvalue weighted by Gasteiger charge is 2.11. The van der Waals surface area contributed by atoms with Gasteiger partial charge >= 0.3 is 0 Å². The third-order valence-corrected chi connectivity index (χ3v) is 3.45. The molecule has 1 amide bonds. The van der Waals surface area contributed by atoms with E-state index >= 15 is 0 Å². The molecular formula is C12H15N3O3S. The van der Waals surface area contributed by atoms with Crippen LogP contribution in [0.15, 0.2) is 16.2 Å². The highest BCUT2D eigenvalue weighted by Crippen LogP contribution is 2.13. The number of nitrogens with one attached hydrogen (secondary N) is 1. The fraction of sp³-hybridized carbons (Fsp3) is 0.417. The van der Waals surface area contributed by atoms with Gasteiger partial charge in [-0.05, 0) is 6.92 Å². The Morgan fingerprint density at radius 1 is 1.58 bits per heavy atom. The van der Waals surface area contributed by atoms with Gasteiger partial charge in [-0.15, -0.1) is 11.3 Å². The maximum Gasteiger partial charge on any atom is 0.258 e. The van der Waals surface area contributed by atoms with Crippen LogP contribution in [0.2, 0.25) is 0 Å². The van der Waals surface area contributed by atoms with Crippen molar-refractivity contribution in [2.24, 2.45) is 0 Å². The van der Waals surface area contributed by atoms with Gasteiger partial charge in [0, 0.05) is 36.5 Å². The van der Waals surface area contributed by atoms with E-state index in [-0.39, 0.29) is 17.9 Å². The van der Waals surface area contributed by atoms with Crippen molar-refractivity contribution in [2.45, 2.75) is 13.3 Å². The first kappa shape index (κ1) is 13.7. The molecule has 0 fully saturated rings. The summed E-state index contributed by atoms with van der Waals surface area (Å²) in [6.07, 6.45) is 0.161. The van der Waals surface area contributed by atoms with E-state index in [0.717, 1.165) is 0 Å². The summed E-state index contributed by atoms with van der Waals surface area (Å²) in [7, 11) is 1.58. The quantitative estimate of drug-likeness (QED) is 0.804. The second kappa shape index (κ2) is 5.94. The summed E-state index contributed by atoms with van der Waals surface area (Å²) in [6, 6.07) is 1.46. The molecule has 0 bridgehead atoms. The molecule has 0 radical (unpaired) electrons. The van der Waals surface area contributed by atoms with Crippen LogP contribution in [0, 0.1) is 6.92 Å². The molecule has 2 heterocycles. The third kappa shape index (κ3) is 3.18. The van der Waals surface area contributed by atoms with Gasteiger partial charge in [0.25, 0.3) is 5.56 Å². The Hall–Kier alpha value is -1.73. The molecule has 0 aliphatic carbocycles. The number of aromatic nitrogens is 2. The lowest BCUT2D eigenvalue weighted by Gasteiger charge is -2.04. The molecule has 2 rings (SSSR count). The molecule has 0 aliphatic rings. The Morgan fingerprint density at radius 2 is 2.37 bits per heavy atom. The van der Waals surface area contributed by atoms with Gasteiger partial charge < -0.3 is 10.1 Å². The van der Waals surface area contributed by atoms with Crippen molar-refractivity contribution in [2.75, 3.05) is 20.3 Å². The first-order valence-corrected chi connectivity index (χ1v) is 6.72. The van der Waals surface area contributed by atoms with Crippen molar-refractivity contribution in [3.05, 3.63) is 33.2 Å². The molecule has 2 aromatic rings. The van der Waals surface area contributed by atoms with Crippen molar-refractivity contribution in [1.29, 1.82) is 0 Å². The van der Waals surface area contributed by atoms with E-state index in [2.05, 4.69) is 10.3 Å². The minimum Gasteiger partial charge on any atom is -0.383 e. The van der Waals surface area contributed by atoms with E-state index < -0.39 is 0 Å². The SMILES string of the molecule is COCCNC(=O)Cc1csc2nc(C)cc(=O)n12. The summed E-state index contributed by atoms with van der Waals surface area (Å²) in [6.45, 7) is 2.71. The maximum absolute atomic E-state index is 11.9. The Bertz CT molecular complexity index is 647. The van der Waals surface area contributed by atoms with Gasteiger partial charge in [0.1, 0.15) is 0 Å². The van der Waals surface area contributed by atoms with Crippen molar-refractivity contribution in [3.63, 3.8) is 0 Å². The predicted octanol–water partition coefficient (Wildman–Crippen LogP) is 0.370. The van der Waals surface area contributed by atoms with Crippen molar-refractivity contribution in [1.82, 2.24) is 14.7 Å². The highest BCUT2D eigenvalue weighted by atomic mass is 32.1. The second-order valence-corrected chi connectivity index (χ2v) is 4.94. The van der Waals surface area contributed by atoms with Crippen LogP contribution in [0.3, 0.4) is 0 Å². The molecule has 2 aromatic heterocycles. The molecular weight excluding hydrogens is 266 g/mol. The molecule has 1 N–H and O–H groups in total. The van der Waals surface area contributed by atoms with Gasteiger partial charge in [0.05, 0.1) is 13.0 Å². The largest absolute Gasteiger partial charge is 0.383 e. The van der Waals surface area contributed by atoms with E-state index in [1.54, 1.807) is 19.4 Å². The lowest BCUT2D eigenvalue weighted by atomic mass is 10.3. The van der Waals surface area contributed by atoms with Gasteiger partial charge in [-0.1, -0.05) is 0 Å². The number of rotatable bonds is 5. The minimum absolute atomic E-state index is 0.135. The van der Waals surface area contributed by atoms with E-state index in [1.165, 1.54) is 21.8 Å². The molecule has 19 heavy (non-hydrogen) atoms. The van der Waals surface area contributed by atoms with E-state index in [4.69, 9.17) is 4.74 Å². The van der Waals surface area contributed by atoms with E-state index in [0.29, 0.717) is 29.5 Å². The number of hydrogen-bond acceptors (Lipinski definition) is 5. The van der Waals surface area contributed by atoms with Crippen LogP contribution in [0.1, 0.15) is 11.4 Å². The molecule has 0 unspecified atom stereocenters. The van der Waals surface area contributed by atoms with Crippen LogP contribution < -0.4 is 10.9 Å². The van der Waals surface area contributed by atoms with Crippen LogP contribution in [0.5, 0.6) is 0 Å². The monoisotopic (exact) mass is 281 g/mol. The van der Waals surface area contributed by atoms with Gasteiger partial charge in [-0.3, -0.25) is 14.0 Å². The standard InChI is InChI=1S/C12H15N3O3S/c1-8-5-11(17)15-9(7-19-12(15)14-8)6-10(16)13-3-4-18-2/h5,7H,3-4,6H2,1-2H3,(H,13,16). The average molecular weight is 281 g/mol. The van der Waals surface area contributed by atoms with Gasteiger partial charge in [0.15, 0.2) is 4.96 Å². The van der Waals surface area contributed by atoms with Crippen molar-refractivity contribution >= 4 is 22.2 Å². The van der Waals surface area contributed by atoms with Gasteiger partial charge in [-0.2, -0.15) is 0 Å². The lowest BCUT2D eigenvalue weighted by molar-refractivity contribution is -0.120. The molecule has 0 aliphatic heterocycles. The normalized spacial score (nSPS) is 10.8. The van der Waals surface area contributed by atoms with Crippen LogP contribution >= 0.6 is 11.3 Å². The summed E-state index contributed by atoms with van der Waals surface area (Å²) < 4.78 is 6.33. The molecule has 102 valence electrons. The van der Waals surface area contributed by atoms with Crippen LogP contribution in [-0.4, -0.2) is 35.6 Å². The summed E-state index contributed by atoms with van der Waals surface area (Å²) in [5, 5.41) is 4.51. The molecule has 6 nitrogen and oxygen atoms in total. The molecule has 0 saturated carbocycles. The van der Waals surface area contributed by atoms with Crippen LogP contribution in [0.25, 0.3) is 4.96 Å². The lowest BCUT2D eigenvalue weighted by Crippen LogP contribution is -2.29. The highest BCUT2D eigenvalue weighted by molar-refractivity contribution is 7.15. The second-order valence-electron chi connectivity index (χ2n) is 4.10. The first-order chi connectivity index (χ1) is 9.11. The van der Waals surface area contributed by atoms with Gasteiger partial charge in [-0.25, -0.2) is 4.98 Å². The number of aryl methyl sites for hydroxylation is 1. The molecule has 0 spiro atoms. The topological polar surface area (TPSA) is 72.7 Å². The van der Waals surface area contributed by atoms with E-state index in [1.807, 2.05) is 0 Å². The first-order valence-electron chi connectivity index (χ1n) is 5.84. The molecule has 0 aromatic carbocycles. The average Bonchev–Trinajstić information content (AvgIpc) is 2.72. The predicted molar refractivity (Wildman–Crippen MR) is 72.7 cm³/mol. The van der Waals surface area contributed by atoms with E-state index in [9.17, 15) is 9.59 Å².